The van der Waals surface area contributed by atoms with Crippen LogP contribution < -0.4 is 16.0 Å². The van der Waals surface area contributed by atoms with Gasteiger partial charge >= 0.3 is 11.8 Å². The lowest BCUT2D eigenvalue weighted by Crippen LogP contribution is -2.49. The number of amides is 2. The van der Waals surface area contributed by atoms with Crippen LogP contribution in [-0.2, 0) is 15.6 Å². The smallest absolute Gasteiger partial charge is 0.322 e. The molecule has 1 aliphatic rings. The zero-order valence-corrected chi connectivity index (χ0v) is 18.9. The molecule has 2 amide bonds. The quantitative estimate of drug-likeness (QED) is 0.333. The van der Waals surface area contributed by atoms with E-state index in [1.807, 2.05) is 0 Å². The fraction of sp³-hybridized carbons (Fsp3) is 0.333. The third-order valence-electron chi connectivity index (χ3n) is 5.49. The molecule has 1 aromatic carbocycles. The van der Waals surface area contributed by atoms with Crippen LogP contribution in [0.1, 0.15) is 17.7 Å². The number of hydrogen-bond acceptors (Lipinski definition) is 6. The Morgan fingerprint density at radius 3 is 2.60 bits per heavy atom. The Morgan fingerprint density at radius 2 is 2.00 bits per heavy atom. The number of carbonyl (C=O) groups is 1. The largest absolute Gasteiger partial charge is 0.452 e. The van der Waals surface area contributed by atoms with Crippen molar-refractivity contribution in [2.75, 3.05) is 22.1 Å². The maximum Gasteiger partial charge on any atom is 0.322 e. The van der Waals surface area contributed by atoms with Gasteiger partial charge in [0.2, 0.25) is 0 Å². The topological polar surface area (TPSA) is 113 Å². The Labute approximate surface area is 195 Å². The number of nitrogens with zero attached hydrogens (tertiary/aromatic N) is 1. The number of halogens is 5. The van der Waals surface area contributed by atoms with Crippen LogP contribution >= 0.6 is 0 Å². The monoisotopic (exact) mass is 518 g/mol. The van der Waals surface area contributed by atoms with E-state index in [0.29, 0.717) is 18.3 Å². The molecular weight excluding hydrogens is 499 g/mol. The van der Waals surface area contributed by atoms with Crippen molar-refractivity contribution in [3.05, 3.63) is 53.4 Å². The average Bonchev–Trinajstić information content (AvgIpc) is 3.28. The predicted molar refractivity (Wildman–Crippen MR) is 117 cm³/mol. The highest BCUT2D eigenvalue weighted by molar-refractivity contribution is 7.91. The summed E-state index contributed by atoms with van der Waals surface area (Å²) < 4.78 is 98.4. The van der Waals surface area contributed by atoms with Gasteiger partial charge < -0.3 is 15.1 Å². The Balaban J connectivity index is 1.49. The van der Waals surface area contributed by atoms with Crippen LogP contribution in [0.5, 0.6) is 0 Å². The number of furan rings is 1. The number of urea groups is 1. The molecule has 35 heavy (non-hydrogen) atoms. The molecule has 0 aliphatic carbocycles. The Morgan fingerprint density at radius 1 is 1.26 bits per heavy atom. The molecule has 1 aliphatic heterocycles. The van der Waals surface area contributed by atoms with Crippen molar-refractivity contribution in [3.8, 4) is 0 Å². The molecule has 1 saturated heterocycles. The van der Waals surface area contributed by atoms with Gasteiger partial charge in [-0.15, -0.1) is 0 Å². The zero-order chi connectivity index (χ0) is 25.5. The van der Waals surface area contributed by atoms with E-state index in [2.05, 4.69) is 15.6 Å². The fourth-order valence-electron chi connectivity index (χ4n) is 3.80. The van der Waals surface area contributed by atoms with Gasteiger partial charge in [-0.3, -0.25) is 5.32 Å². The summed E-state index contributed by atoms with van der Waals surface area (Å²) >= 11 is 0. The predicted octanol–water partition coefficient (Wildman–Crippen LogP) is 4.22. The highest BCUT2D eigenvalue weighted by Gasteiger charge is 2.49. The van der Waals surface area contributed by atoms with E-state index in [9.17, 15) is 30.8 Å². The van der Waals surface area contributed by atoms with E-state index in [1.54, 1.807) is 0 Å². The summed E-state index contributed by atoms with van der Waals surface area (Å²) in [6.07, 6.45) is -2.26. The lowest BCUT2D eigenvalue weighted by Gasteiger charge is -2.24. The van der Waals surface area contributed by atoms with Crippen molar-refractivity contribution >= 4 is 38.3 Å². The molecule has 3 aromatic rings. The molecule has 3 N–H and O–H groups in total. The first-order valence-corrected chi connectivity index (χ1v) is 12.1. The maximum absolute atomic E-state index is 15.4. The van der Waals surface area contributed by atoms with E-state index < -0.39 is 51.1 Å². The van der Waals surface area contributed by atoms with E-state index in [1.165, 1.54) is 17.4 Å². The molecule has 14 heteroatoms. The summed E-state index contributed by atoms with van der Waals surface area (Å²) in [5.41, 5.74) is -0.934. The number of benzene rings is 1. The number of nitrogens with one attached hydrogen (secondary N) is 3. The molecule has 1 fully saturated rings. The minimum Gasteiger partial charge on any atom is -0.452 e. The third kappa shape index (κ3) is 5.01. The molecule has 0 radical (unpaired) electrons. The van der Waals surface area contributed by atoms with Gasteiger partial charge in [0, 0.05) is 23.1 Å². The third-order valence-corrected chi connectivity index (χ3v) is 7.26. The van der Waals surface area contributed by atoms with Crippen molar-refractivity contribution in [3.63, 3.8) is 0 Å². The van der Waals surface area contributed by atoms with Gasteiger partial charge in [-0.25, -0.2) is 40.1 Å². The van der Waals surface area contributed by atoms with Gasteiger partial charge in [0.25, 0.3) is 6.43 Å². The molecule has 2 unspecified atom stereocenters. The van der Waals surface area contributed by atoms with Gasteiger partial charge in [-0.2, -0.15) is 0 Å². The number of anilines is 2. The number of aryl methyl sites for hydroxylation is 1. The lowest BCUT2D eigenvalue weighted by molar-refractivity contribution is -0.0664. The summed E-state index contributed by atoms with van der Waals surface area (Å²) in [5.74, 6) is -6.83. The number of pyridine rings is 1. The highest BCUT2D eigenvalue weighted by atomic mass is 32.2. The van der Waals surface area contributed by atoms with Gasteiger partial charge in [-0.05, 0) is 31.5 Å². The van der Waals surface area contributed by atoms with Gasteiger partial charge in [0.15, 0.2) is 27.0 Å². The van der Waals surface area contributed by atoms with Crippen LogP contribution in [0.3, 0.4) is 0 Å². The number of aromatic nitrogens is 1. The van der Waals surface area contributed by atoms with E-state index in [-0.39, 0.29) is 34.2 Å². The molecule has 2 aromatic heterocycles. The van der Waals surface area contributed by atoms with Crippen molar-refractivity contribution in [2.45, 2.75) is 31.6 Å². The van der Waals surface area contributed by atoms with Crippen LogP contribution in [0.15, 0.2) is 34.9 Å². The fourth-order valence-corrected chi connectivity index (χ4v) is 5.47. The summed E-state index contributed by atoms with van der Waals surface area (Å²) in [5, 5.41) is 6.31. The van der Waals surface area contributed by atoms with Crippen molar-refractivity contribution in [1.29, 1.82) is 0 Å². The summed E-state index contributed by atoms with van der Waals surface area (Å²) in [4.78, 5) is 16.3. The second kappa shape index (κ2) is 8.98. The first-order valence-electron chi connectivity index (χ1n) is 10.3. The zero-order valence-electron chi connectivity index (χ0n) is 18.0. The summed E-state index contributed by atoms with van der Waals surface area (Å²) in [7, 11) is -3.10. The second-order valence-corrected chi connectivity index (χ2v) is 10.3. The van der Waals surface area contributed by atoms with Gasteiger partial charge in [0.1, 0.15) is 11.6 Å². The van der Waals surface area contributed by atoms with E-state index in [0.717, 1.165) is 19.2 Å². The van der Waals surface area contributed by atoms with Crippen LogP contribution in [0.25, 0.3) is 11.0 Å². The molecule has 0 saturated carbocycles. The molecule has 4 rings (SSSR count). The summed E-state index contributed by atoms with van der Waals surface area (Å²) in [6.45, 7) is 1.13. The number of sulfone groups is 1. The number of carbonyl (C=O) groups excluding carboxylic acids is 1. The van der Waals surface area contributed by atoms with Gasteiger partial charge in [-0.1, -0.05) is 0 Å². The van der Waals surface area contributed by atoms with Gasteiger partial charge in [0.05, 0.1) is 23.4 Å². The van der Waals surface area contributed by atoms with Crippen LogP contribution in [0.4, 0.5) is 38.3 Å². The standard InChI is InChI=1S/C21H19F5N4O4S/c1-10-14-6-11(22)7-15(23)17(14)34-18(10)21(26,19(24)25)30-20(31)29-12-2-3-16(27-8-12)28-13-4-5-35(32,33)9-13/h2-3,6-8,13,19H,4-5,9H2,1H3,(H,27,28)(H2,29,30,31). The number of hydrogen-bond donors (Lipinski definition) is 3. The molecular formula is C21H19F5N4O4S. The second-order valence-electron chi connectivity index (χ2n) is 8.09. The molecule has 188 valence electrons. The minimum absolute atomic E-state index is 0.0122. The Bertz CT molecular complexity index is 1380. The number of fused-ring (bicyclic) bond motifs is 1. The molecule has 3 heterocycles. The van der Waals surface area contributed by atoms with E-state index >= 15 is 4.39 Å². The molecule has 8 nitrogen and oxygen atoms in total. The SMILES string of the molecule is Cc1c(C(F)(NC(=O)Nc2ccc(NC3CCS(=O)(=O)C3)nc2)C(F)F)oc2c(F)cc(F)cc12. The average molecular weight is 518 g/mol. The van der Waals surface area contributed by atoms with Crippen molar-refractivity contribution < 1.29 is 39.6 Å². The summed E-state index contributed by atoms with van der Waals surface area (Å²) in [6, 6.07) is 2.30. The minimum atomic E-state index is -3.86. The molecule has 0 spiro atoms. The van der Waals surface area contributed by atoms with Crippen LogP contribution in [0, 0.1) is 18.6 Å². The van der Waals surface area contributed by atoms with Crippen molar-refractivity contribution in [2.24, 2.45) is 0 Å². The lowest BCUT2D eigenvalue weighted by atomic mass is 10.1. The van der Waals surface area contributed by atoms with Crippen molar-refractivity contribution in [1.82, 2.24) is 10.3 Å². The van der Waals surface area contributed by atoms with E-state index in [4.69, 9.17) is 4.42 Å². The number of alkyl halides is 3. The normalized spacial score (nSPS) is 19.0. The first-order chi connectivity index (χ1) is 16.4. The van der Waals surface area contributed by atoms with Crippen LogP contribution in [0.2, 0.25) is 0 Å². The Hall–Kier alpha value is -3.42. The number of rotatable bonds is 6. The Kier molecular flexibility index (Phi) is 6.34. The van der Waals surface area contributed by atoms with Crippen LogP contribution in [-0.4, -0.2) is 43.4 Å². The molecule has 0 bridgehead atoms. The molecule has 2 atom stereocenters. The maximum atomic E-state index is 15.4. The highest BCUT2D eigenvalue weighted by Crippen LogP contribution is 2.39. The first kappa shape index (κ1) is 24.7.